The molecule has 0 saturated carbocycles. The molecule has 1 aromatic carbocycles. The van der Waals surface area contributed by atoms with Crippen LogP contribution in [0.25, 0.3) is 0 Å². The fourth-order valence-electron chi connectivity index (χ4n) is 1.74. The van der Waals surface area contributed by atoms with Crippen molar-refractivity contribution >= 4 is 11.7 Å². The van der Waals surface area contributed by atoms with Crippen molar-refractivity contribution < 1.29 is 9.53 Å². The van der Waals surface area contributed by atoms with Crippen molar-refractivity contribution in [2.75, 3.05) is 12.3 Å². The van der Waals surface area contributed by atoms with E-state index in [0.29, 0.717) is 18.7 Å². The Labute approximate surface area is 112 Å². The zero-order chi connectivity index (χ0) is 13.5. The largest absolute Gasteiger partial charge is 0.465 e. The molecular weight excluding hydrogens is 240 g/mol. The van der Waals surface area contributed by atoms with E-state index in [0.717, 1.165) is 11.3 Å². The summed E-state index contributed by atoms with van der Waals surface area (Å²) in [6.07, 6.45) is 2.60. The van der Waals surface area contributed by atoms with Crippen LogP contribution in [0.3, 0.4) is 0 Å². The van der Waals surface area contributed by atoms with Crippen molar-refractivity contribution in [2.45, 2.75) is 12.8 Å². The Hall–Kier alpha value is -2.36. The van der Waals surface area contributed by atoms with E-state index in [1.54, 1.807) is 18.3 Å². The topological polar surface area (TPSA) is 65.2 Å². The average molecular weight is 256 g/mol. The third-order valence-electron chi connectivity index (χ3n) is 2.65. The monoisotopic (exact) mass is 256 g/mol. The second-order valence-corrected chi connectivity index (χ2v) is 4.21. The van der Waals surface area contributed by atoms with Crippen LogP contribution in [0.5, 0.6) is 0 Å². The van der Waals surface area contributed by atoms with E-state index in [-0.39, 0.29) is 12.4 Å². The minimum Gasteiger partial charge on any atom is -0.465 e. The predicted octanol–water partition coefficient (Wildman–Crippen LogP) is 1.99. The number of rotatable bonds is 5. The van der Waals surface area contributed by atoms with Gasteiger partial charge in [0.25, 0.3) is 0 Å². The van der Waals surface area contributed by atoms with E-state index in [1.165, 1.54) is 0 Å². The maximum Gasteiger partial charge on any atom is 0.310 e. The van der Waals surface area contributed by atoms with Gasteiger partial charge < -0.3 is 10.5 Å². The minimum absolute atomic E-state index is 0.243. The standard InChI is InChI=1S/C15H16N2O2/c16-13-5-3-4-12(10-13)11-15(18)19-9-7-14-6-1-2-8-17-14/h1-6,8,10H,7,9,11,16H2. The van der Waals surface area contributed by atoms with Crippen LogP contribution in [0, 0.1) is 0 Å². The zero-order valence-corrected chi connectivity index (χ0v) is 10.6. The maximum atomic E-state index is 11.6. The van der Waals surface area contributed by atoms with Crippen molar-refractivity contribution in [2.24, 2.45) is 0 Å². The van der Waals surface area contributed by atoms with Gasteiger partial charge in [-0.05, 0) is 29.8 Å². The molecule has 1 heterocycles. The summed E-state index contributed by atoms with van der Waals surface area (Å²) in [7, 11) is 0. The van der Waals surface area contributed by atoms with Crippen LogP contribution in [0.15, 0.2) is 48.7 Å². The molecule has 1 aromatic heterocycles. The highest BCUT2D eigenvalue weighted by molar-refractivity contribution is 5.73. The number of benzene rings is 1. The molecule has 98 valence electrons. The molecule has 2 N–H and O–H groups in total. The van der Waals surface area contributed by atoms with Gasteiger partial charge in [-0.15, -0.1) is 0 Å². The summed E-state index contributed by atoms with van der Waals surface area (Å²) in [5.41, 5.74) is 8.08. The van der Waals surface area contributed by atoms with Crippen LogP contribution < -0.4 is 5.73 Å². The van der Waals surface area contributed by atoms with Crippen molar-refractivity contribution in [3.05, 3.63) is 59.9 Å². The van der Waals surface area contributed by atoms with E-state index in [2.05, 4.69) is 4.98 Å². The molecule has 0 spiro atoms. The van der Waals surface area contributed by atoms with Gasteiger partial charge in [0.05, 0.1) is 13.0 Å². The number of esters is 1. The summed E-state index contributed by atoms with van der Waals surface area (Å²) < 4.78 is 5.17. The Bertz CT molecular complexity index is 541. The van der Waals surface area contributed by atoms with E-state index >= 15 is 0 Å². The number of nitrogens with zero attached hydrogens (tertiary/aromatic N) is 1. The molecule has 0 unspecified atom stereocenters. The van der Waals surface area contributed by atoms with Gasteiger partial charge in [-0.25, -0.2) is 0 Å². The quantitative estimate of drug-likeness (QED) is 0.656. The highest BCUT2D eigenvalue weighted by atomic mass is 16.5. The highest BCUT2D eigenvalue weighted by Gasteiger charge is 2.05. The molecule has 2 rings (SSSR count). The molecule has 0 atom stereocenters. The molecule has 2 aromatic rings. The fraction of sp³-hybridized carbons (Fsp3) is 0.200. The lowest BCUT2D eigenvalue weighted by atomic mass is 10.1. The first-order valence-corrected chi connectivity index (χ1v) is 6.14. The average Bonchev–Trinajstić information content (AvgIpc) is 2.40. The summed E-state index contributed by atoms with van der Waals surface area (Å²) in [6, 6.07) is 12.9. The van der Waals surface area contributed by atoms with Crippen LogP contribution in [-0.4, -0.2) is 17.6 Å². The molecule has 0 amide bonds. The summed E-state index contributed by atoms with van der Waals surface area (Å²) in [5.74, 6) is -0.249. The number of hydrogen-bond donors (Lipinski definition) is 1. The Morgan fingerprint density at radius 1 is 1.21 bits per heavy atom. The van der Waals surface area contributed by atoms with Gasteiger partial charge in [-0.2, -0.15) is 0 Å². The number of aromatic nitrogens is 1. The molecule has 0 aliphatic rings. The lowest BCUT2D eigenvalue weighted by molar-refractivity contribution is -0.142. The van der Waals surface area contributed by atoms with Crippen LogP contribution >= 0.6 is 0 Å². The zero-order valence-electron chi connectivity index (χ0n) is 10.6. The van der Waals surface area contributed by atoms with E-state index in [1.807, 2.05) is 30.3 Å². The number of carbonyl (C=O) groups is 1. The second kappa shape index (κ2) is 6.54. The number of pyridine rings is 1. The third-order valence-corrected chi connectivity index (χ3v) is 2.65. The van der Waals surface area contributed by atoms with Gasteiger partial charge in [-0.3, -0.25) is 9.78 Å². The number of anilines is 1. The van der Waals surface area contributed by atoms with Gasteiger partial charge in [0.2, 0.25) is 0 Å². The van der Waals surface area contributed by atoms with Crippen molar-refractivity contribution in [3.8, 4) is 0 Å². The van der Waals surface area contributed by atoms with Gasteiger partial charge >= 0.3 is 5.97 Å². The smallest absolute Gasteiger partial charge is 0.310 e. The summed E-state index contributed by atoms with van der Waals surface area (Å²) in [6.45, 7) is 0.345. The molecule has 0 radical (unpaired) electrons. The van der Waals surface area contributed by atoms with E-state index in [4.69, 9.17) is 10.5 Å². The molecule has 0 saturated heterocycles. The first-order valence-electron chi connectivity index (χ1n) is 6.14. The van der Waals surface area contributed by atoms with Gasteiger partial charge in [0.1, 0.15) is 0 Å². The van der Waals surface area contributed by atoms with Crippen LogP contribution in [0.4, 0.5) is 5.69 Å². The maximum absolute atomic E-state index is 11.6. The second-order valence-electron chi connectivity index (χ2n) is 4.21. The number of ether oxygens (including phenoxy) is 1. The summed E-state index contributed by atoms with van der Waals surface area (Å²) in [5, 5.41) is 0. The Kier molecular flexibility index (Phi) is 4.50. The number of nitrogen functional groups attached to an aromatic ring is 1. The molecule has 0 bridgehead atoms. The Balaban J connectivity index is 1.76. The van der Waals surface area contributed by atoms with E-state index in [9.17, 15) is 4.79 Å². The Morgan fingerprint density at radius 2 is 2.11 bits per heavy atom. The molecule has 19 heavy (non-hydrogen) atoms. The third kappa shape index (κ3) is 4.43. The van der Waals surface area contributed by atoms with E-state index < -0.39 is 0 Å². The number of hydrogen-bond acceptors (Lipinski definition) is 4. The number of nitrogens with two attached hydrogens (primary N) is 1. The van der Waals surface area contributed by atoms with Crippen molar-refractivity contribution in [3.63, 3.8) is 0 Å². The molecule has 0 aliphatic carbocycles. The van der Waals surface area contributed by atoms with Crippen LogP contribution in [-0.2, 0) is 22.4 Å². The first-order chi connectivity index (χ1) is 9.24. The van der Waals surface area contributed by atoms with Crippen LogP contribution in [0.2, 0.25) is 0 Å². The van der Waals surface area contributed by atoms with Gasteiger partial charge in [0, 0.05) is 24.0 Å². The predicted molar refractivity (Wildman–Crippen MR) is 73.5 cm³/mol. The Morgan fingerprint density at radius 3 is 2.84 bits per heavy atom. The molecule has 0 fully saturated rings. The van der Waals surface area contributed by atoms with Crippen LogP contribution in [0.1, 0.15) is 11.3 Å². The fourth-order valence-corrected chi connectivity index (χ4v) is 1.74. The highest BCUT2D eigenvalue weighted by Crippen LogP contribution is 2.07. The van der Waals surface area contributed by atoms with Crippen molar-refractivity contribution in [1.82, 2.24) is 4.98 Å². The first kappa shape index (κ1) is 13.1. The van der Waals surface area contributed by atoms with Gasteiger partial charge in [-0.1, -0.05) is 18.2 Å². The number of carbonyl (C=O) groups excluding carboxylic acids is 1. The lowest BCUT2D eigenvalue weighted by Crippen LogP contribution is -2.11. The minimum atomic E-state index is -0.249. The normalized spacial score (nSPS) is 10.1. The summed E-state index contributed by atoms with van der Waals surface area (Å²) in [4.78, 5) is 15.8. The summed E-state index contributed by atoms with van der Waals surface area (Å²) >= 11 is 0. The molecular formula is C15H16N2O2. The van der Waals surface area contributed by atoms with Crippen molar-refractivity contribution in [1.29, 1.82) is 0 Å². The molecule has 0 aliphatic heterocycles. The van der Waals surface area contributed by atoms with Gasteiger partial charge in [0.15, 0.2) is 0 Å². The SMILES string of the molecule is Nc1cccc(CC(=O)OCCc2ccccn2)c1. The lowest BCUT2D eigenvalue weighted by Gasteiger charge is -2.05. The molecule has 4 nitrogen and oxygen atoms in total. The molecule has 4 heteroatoms.